The zero-order valence-electron chi connectivity index (χ0n) is 14.5. The van der Waals surface area contributed by atoms with E-state index in [1.54, 1.807) is 42.5 Å². The monoisotopic (exact) mass is 383 g/mol. The maximum absolute atomic E-state index is 12.4. The van der Waals surface area contributed by atoms with Crippen molar-refractivity contribution in [1.29, 1.82) is 0 Å². The Bertz CT molecular complexity index is 1060. The number of aryl methyl sites for hydroxylation is 1. The molecule has 0 spiro atoms. The van der Waals surface area contributed by atoms with Crippen molar-refractivity contribution in [3.05, 3.63) is 78.0 Å². The Morgan fingerprint density at radius 3 is 2.30 bits per heavy atom. The van der Waals surface area contributed by atoms with Crippen LogP contribution < -0.4 is 4.18 Å². The molecule has 0 bridgehead atoms. The fourth-order valence-electron chi connectivity index (χ4n) is 2.49. The fraction of sp³-hybridized carbons (Fsp3) is 0.100. The molecular weight excluding hydrogens is 366 g/mol. The number of carboxylic acids is 1. The standard InChI is InChI=1S/C20H17NO5S/c1-14-2-8-18(9-3-14)27(24,25)26-19-13-17(10-11-21-19)16-6-4-15(5-7-16)12-20(22)23/h2-11,13H,12H2,1H3,(H,22,23). The molecule has 0 unspecified atom stereocenters. The van der Waals surface area contributed by atoms with Gasteiger partial charge in [0.2, 0.25) is 5.88 Å². The van der Waals surface area contributed by atoms with Crippen molar-refractivity contribution in [2.45, 2.75) is 18.2 Å². The summed E-state index contributed by atoms with van der Waals surface area (Å²) >= 11 is 0. The van der Waals surface area contributed by atoms with Crippen molar-refractivity contribution in [3.63, 3.8) is 0 Å². The van der Waals surface area contributed by atoms with E-state index in [0.29, 0.717) is 11.1 Å². The van der Waals surface area contributed by atoms with Gasteiger partial charge < -0.3 is 9.29 Å². The Hall–Kier alpha value is -3.19. The van der Waals surface area contributed by atoms with Crippen molar-refractivity contribution >= 4 is 16.1 Å². The Morgan fingerprint density at radius 2 is 1.67 bits per heavy atom. The highest BCUT2D eigenvalue weighted by atomic mass is 32.2. The molecule has 0 atom stereocenters. The molecule has 1 heterocycles. The van der Waals surface area contributed by atoms with E-state index in [1.807, 2.05) is 6.92 Å². The molecule has 6 nitrogen and oxygen atoms in total. The molecule has 0 aliphatic carbocycles. The van der Waals surface area contributed by atoms with Crippen LogP contribution in [0.5, 0.6) is 5.88 Å². The van der Waals surface area contributed by atoms with Gasteiger partial charge in [-0.1, -0.05) is 42.0 Å². The third-order valence-corrected chi connectivity index (χ3v) is 5.12. The van der Waals surface area contributed by atoms with E-state index < -0.39 is 16.1 Å². The van der Waals surface area contributed by atoms with Crippen LogP contribution in [0.2, 0.25) is 0 Å². The number of aliphatic carboxylic acids is 1. The summed E-state index contributed by atoms with van der Waals surface area (Å²) in [6.45, 7) is 1.87. The predicted octanol–water partition coefficient (Wildman–Crippen LogP) is 3.45. The summed E-state index contributed by atoms with van der Waals surface area (Å²) in [6, 6.07) is 16.6. The minimum Gasteiger partial charge on any atom is -0.481 e. The summed E-state index contributed by atoms with van der Waals surface area (Å²) in [5.41, 5.74) is 3.13. The average molecular weight is 383 g/mol. The first kappa shape index (κ1) is 18.6. The maximum atomic E-state index is 12.4. The molecule has 0 aliphatic rings. The van der Waals surface area contributed by atoms with Crippen LogP contribution in [0, 0.1) is 6.92 Å². The number of carboxylic acid groups (broad SMARTS) is 1. The van der Waals surface area contributed by atoms with Gasteiger partial charge in [-0.2, -0.15) is 8.42 Å². The number of aromatic nitrogens is 1. The minimum absolute atomic E-state index is 0.0392. The Morgan fingerprint density at radius 1 is 1.00 bits per heavy atom. The van der Waals surface area contributed by atoms with Crippen LogP contribution in [-0.4, -0.2) is 24.5 Å². The molecule has 0 saturated carbocycles. The molecular formula is C20H17NO5S. The lowest BCUT2D eigenvalue weighted by Crippen LogP contribution is -2.10. The molecule has 0 saturated heterocycles. The van der Waals surface area contributed by atoms with Gasteiger partial charge in [-0.05, 0) is 41.8 Å². The van der Waals surface area contributed by atoms with Crippen LogP contribution in [0.1, 0.15) is 11.1 Å². The van der Waals surface area contributed by atoms with Crippen molar-refractivity contribution in [2.75, 3.05) is 0 Å². The molecule has 0 aliphatic heterocycles. The molecule has 3 aromatic rings. The number of hydrogen-bond donors (Lipinski definition) is 1. The first-order valence-electron chi connectivity index (χ1n) is 8.12. The van der Waals surface area contributed by atoms with Gasteiger partial charge in [-0.25, -0.2) is 4.98 Å². The van der Waals surface area contributed by atoms with Crippen molar-refractivity contribution in [2.24, 2.45) is 0 Å². The van der Waals surface area contributed by atoms with E-state index in [0.717, 1.165) is 11.1 Å². The largest absolute Gasteiger partial charge is 0.481 e. The van der Waals surface area contributed by atoms with Crippen LogP contribution in [-0.2, 0) is 21.3 Å². The number of rotatable bonds is 6. The predicted molar refractivity (Wildman–Crippen MR) is 100 cm³/mol. The average Bonchev–Trinajstić information content (AvgIpc) is 2.62. The van der Waals surface area contributed by atoms with E-state index in [9.17, 15) is 13.2 Å². The lowest BCUT2D eigenvalue weighted by Gasteiger charge is -2.08. The van der Waals surface area contributed by atoms with Crippen molar-refractivity contribution in [1.82, 2.24) is 4.98 Å². The molecule has 27 heavy (non-hydrogen) atoms. The molecule has 0 amide bonds. The molecule has 3 rings (SSSR count). The summed E-state index contributed by atoms with van der Waals surface area (Å²) in [4.78, 5) is 14.8. The third kappa shape index (κ3) is 4.71. The summed E-state index contributed by atoms with van der Waals surface area (Å²) in [5.74, 6) is -0.939. The smallest absolute Gasteiger partial charge is 0.340 e. The maximum Gasteiger partial charge on any atom is 0.340 e. The minimum atomic E-state index is -3.98. The first-order chi connectivity index (χ1) is 12.8. The fourth-order valence-corrected chi connectivity index (χ4v) is 3.37. The van der Waals surface area contributed by atoms with Gasteiger partial charge in [0.15, 0.2) is 0 Å². The summed E-state index contributed by atoms with van der Waals surface area (Å²) in [7, 11) is -3.98. The van der Waals surface area contributed by atoms with Crippen LogP contribution in [0.3, 0.4) is 0 Å². The highest BCUT2D eigenvalue weighted by molar-refractivity contribution is 7.87. The lowest BCUT2D eigenvalue weighted by atomic mass is 10.0. The second kappa shape index (κ2) is 7.59. The van der Waals surface area contributed by atoms with Gasteiger partial charge >= 0.3 is 16.1 Å². The molecule has 2 aromatic carbocycles. The molecule has 138 valence electrons. The SMILES string of the molecule is Cc1ccc(S(=O)(=O)Oc2cc(-c3ccc(CC(=O)O)cc3)ccn2)cc1. The quantitative estimate of drug-likeness (QED) is 0.655. The number of pyridine rings is 1. The zero-order chi connectivity index (χ0) is 19.4. The number of carbonyl (C=O) groups is 1. The topological polar surface area (TPSA) is 93.6 Å². The van der Waals surface area contributed by atoms with Gasteiger partial charge in [-0.3, -0.25) is 4.79 Å². The van der Waals surface area contributed by atoms with E-state index in [2.05, 4.69) is 4.98 Å². The van der Waals surface area contributed by atoms with Gasteiger partial charge in [0.1, 0.15) is 4.90 Å². The Balaban J connectivity index is 1.83. The van der Waals surface area contributed by atoms with Crippen LogP contribution in [0.25, 0.3) is 11.1 Å². The molecule has 7 heteroatoms. The summed E-state index contributed by atoms with van der Waals surface area (Å²) < 4.78 is 29.9. The Labute approximate surface area is 157 Å². The number of benzene rings is 2. The number of nitrogens with zero attached hydrogens (tertiary/aromatic N) is 1. The van der Waals surface area contributed by atoms with E-state index in [-0.39, 0.29) is 17.2 Å². The Kier molecular flexibility index (Phi) is 5.23. The van der Waals surface area contributed by atoms with E-state index in [4.69, 9.17) is 9.29 Å². The molecule has 0 radical (unpaired) electrons. The first-order valence-corrected chi connectivity index (χ1v) is 9.53. The van der Waals surface area contributed by atoms with Gasteiger partial charge in [0.25, 0.3) is 0 Å². The molecule has 1 aromatic heterocycles. The highest BCUT2D eigenvalue weighted by Crippen LogP contribution is 2.25. The van der Waals surface area contributed by atoms with Gasteiger partial charge in [-0.15, -0.1) is 0 Å². The number of hydrogen-bond acceptors (Lipinski definition) is 5. The third-order valence-electron chi connectivity index (χ3n) is 3.88. The van der Waals surface area contributed by atoms with Crippen molar-refractivity contribution < 1.29 is 22.5 Å². The summed E-state index contributed by atoms with van der Waals surface area (Å²) in [6.07, 6.45) is 1.40. The second-order valence-corrected chi connectivity index (χ2v) is 7.55. The second-order valence-electron chi connectivity index (χ2n) is 6.00. The lowest BCUT2D eigenvalue weighted by molar-refractivity contribution is -0.136. The van der Waals surface area contributed by atoms with Crippen LogP contribution in [0.4, 0.5) is 0 Å². The normalized spacial score (nSPS) is 11.1. The zero-order valence-corrected chi connectivity index (χ0v) is 15.3. The van der Waals surface area contributed by atoms with Crippen molar-refractivity contribution in [3.8, 4) is 17.0 Å². The van der Waals surface area contributed by atoms with Gasteiger partial charge in [0, 0.05) is 12.3 Å². The summed E-state index contributed by atoms with van der Waals surface area (Å²) in [5, 5.41) is 8.83. The van der Waals surface area contributed by atoms with Crippen LogP contribution in [0.15, 0.2) is 71.8 Å². The molecule has 0 fully saturated rings. The highest BCUT2D eigenvalue weighted by Gasteiger charge is 2.17. The molecule has 1 N–H and O–H groups in total. The van der Waals surface area contributed by atoms with Crippen LogP contribution >= 0.6 is 0 Å². The van der Waals surface area contributed by atoms with Gasteiger partial charge in [0.05, 0.1) is 6.42 Å². The van der Waals surface area contributed by atoms with E-state index in [1.165, 1.54) is 24.4 Å². The van der Waals surface area contributed by atoms with E-state index >= 15 is 0 Å².